The van der Waals surface area contributed by atoms with Crippen molar-refractivity contribution in [2.45, 2.75) is 26.6 Å². The summed E-state index contributed by atoms with van der Waals surface area (Å²) >= 11 is 1.33. The van der Waals surface area contributed by atoms with Gasteiger partial charge in [0.1, 0.15) is 16.9 Å². The third kappa shape index (κ3) is 6.02. The lowest BCUT2D eigenvalue weighted by molar-refractivity contribution is 0.172. The number of hydrogen-bond donors (Lipinski definition) is 3. The summed E-state index contributed by atoms with van der Waals surface area (Å²) in [4.78, 5) is 13.7. The largest absolute Gasteiger partial charge is 0.381 e. The van der Waals surface area contributed by atoms with Gasteiger partial charge in [0.15, 0.2) is 0 Å². The van der Waals surface area contributed by atoms with Crippen LogP contribution >= 0.6 is 11.3 Å². The number of benzene rings is 2. The number of aryl methyl sites for hydroxylation is 2. The smallest absolute Gasteiger partial charge is 0.229 e. The van der Waals surface area contributed by atoms with Gasteiger partial charge >= 0.3 is 0 Å². The third-order valence-electron chi connectivity index (χ3n) is 5.68. The lowest BCUT2D eigenvalue weighted by atomic mass is 10.0. The average molecular weight is 524 g/mol. The van der Waals surface area contributed by atoms with Crippen molar-refractivity contribution in [3.63, 3.8) is 0 Å². The second-order valence-electron chi connectivity index (χ2n) is 8.39. The van der Waals surface area contributed by atoms with Gasteiger partial charge in [0.05, 0.1) is 35.6 Å². The first kappa shape index (κ1) is 26.5. The number of nitrogens with one attached hydrogen (secondary N) is 2. The lowest BCUT2D eigenvalue weighted by Gasteiger charge is -2.21. The number of ether oxygens (including phenoxy) is 1. The van der Waals surface area contributed by atoms with Crippen LogP contribution in [0.1, 0.15) is 44.6 Å². The van der Waals surface area contributed by atoms with Crippen molar-refractivity contribution in [2.24, 2.45) is 0 Å². The molecule has 190 valence electrons. The quantitative estimate of drug-likeness (QED) is 0.237. The number of anilines is 4. The maximum atomic E-state index is 11.3. The van der Waals surface area contributed by atoms with Gasteiger partial charge in [-0.1, -0.05) is 0 Å². The molecule has 0 spiro atoms. The summed E-state index contributed by atoms with van der Waals surface area (Å²) in [5, 5.41) is 38.2. The van der Waals surface area contributed by atoms with Crippen LogP contribution in [0.2, 0.25) is 0 Å². The van der Waals surface area contributed by atoms with Gasteiger partial charge in [0.25, 0.3) is 0 Å². The molecule has 9 nitrogen and oxygen atoms in total. The van der Waals surface area contributed by atoms with Gasteiger partial charge < -0.3 is 20.5 Å². The molecular formula is C28H25N7O2S. The molecule has 0 aliphatic carbocycles. The zero-order valence-electron chi connectivity index (χ0n) is 21.1. The molecule has 2 aromatic carbocycles. The fourth-order valence-electron chi connectivity index (χ4n) is 3.99. The molecule has 38 heavy (non-hydrogen) atoms. The Balaban J connectivity index is 1.83. The van der Waals surface area contributed by atoms with Gasteiger partial charge in [0, 0.05) is 36.1 Å². The van der Waals surface area contributed by atoms with Crippen LogP contribution in [0.5, 0.6) is 0 Å². The predicted octanol–water partition coefficient (Wildman–Crippen LogP) is 5.67. The van der Waals surface area contributed by atoms with E-state index in [1.807, 2.05) is 32.0 Å². The highest BCUT2D eigenvalue weighted by Gasteiger charge is 2.25. The molecule has 0 fully saturated rings. The monoisotopic (exact) mass is 523 g/mol. The Morgan fingerprint density at radius 2 is 1.84 bits per heavy atom. The molecule has 0 saturated heterocycles. The zero-order valence-corrected chi connectivity index (χ0v) is 21.9. The zero-order chi connectivity index (χ0) is 27.1. The van der Waals surface area contributed by atoms with E-state index < -0.39 is 6.10 Å². The van der Waals surface area contributed by atoms with Crippen LogP contribution in [0.4, 0.5) is 23.1 Å². The second-order valence-corrected chi connectivity index (χ2v) is 9.32. The van der Waals surface area contributed by atoms with Crippen molar-refractivity contribution in [1.82, 2.24) is 15.0 Å². The Labute approximate surface area is 224 Å². The van der Waals surface area contributed by atoms with E-state index >= 15 is 0 Å². The number of aromatic nitrogens is 3. The Kier molecular flexibility index (Phi) is 8.41. The molecule has 0 aliphatic heterocycles. The van der Waals surface area contributed by atoms with E-state index in [0.717, 1.165) is 22.4 Å². The molecule has 10 heteroatoms. The molecule has 3 N–H and O–H groups in total. The summed E-state index contributed by atoms with van der Waals surface area (Å²) in [6, 6.07) is 15.0. The van der Waals surface area contributed by atoms with Crippen molar-refractivity contribution in [3.05, 3.63) is 92.6 Å². The number of methoxy groups -OCH3 is 1. The number of hydrogen-bond acceptors (Lipinski definition) is 10. The van der Waals surface area contributed by atoms with Gasteiger partial charge in [0.2, 0.25) is 5.95 Å². The molecule has 0 radical (unpaired) electrons. The molecule has 0 saturated carbocycles. The molecule has 1 unspecified atom stereocenters. The standard InChI is InChI=1S/C28H25N7O2S/c1-17-13-20(5-4-10-29)14-18(2)24(17)34-26-23(25(36)27-31-11-12-38-27)22(16-37-3)33-28(35-26)32-21-8-6-19(15-30)7-9-21/h4-9,11-14,25,36H,16H2,1-3H3,(H2,32,33,34,35)/b5-4+. The number of rotatable bonds is 9. The molecule has 0 amide bonds. The van der Waals surface area contributed by atoms with Crippen LogP contribution in [-0.4, -0.2) is 27.2 Å². The van der Waals surface area contributed by atoms with Crippen molar-refractivity contribution >= 4 is 40.6 Å². The van der Waals surface area contributed by atoms with E-state index in [-0.39, 0.29) is 6.61 Å². The molecule has 4 aromatic rings. The summed E-state index contributed by atoms with van der Waals surface area (Å²) in [5.74, 6) is 0.695. The topological polar surface area (TPSA) is 140 Å². The fraction of sp³-hybridized carbons (Fsp3) is 0.179. The number of nitriles is 2. The van der Waals surface area contributed by atoms with Crippen LogP contribution in [0, 0.1) is 36.5 Å². The summed E-state index contributed by atoms with van der Waals surface area (Å²) < 4.78 is 5.43. The first-order valence-electron chi connectivity index (χ1n) is 11.6. The van der Waals surface area contributed by atoms with Crippen molar-refractivity contribution in [2.75, 3.05) is 17.7 Å². The van der Waals surface area contributed by atoms with Crippen LogP contribution in [0.25, 0.3) is 6.08 Å². The van der Waals surface area contributed by atoms with Gasteiger partial charge in [-0.2, -0.15) is 15.5 Å². The maximum absolute atomic E-state index is 11.3. The highest BCUT2D eigenvalue weighted by molar-refractivity contribution is 7.09. The molecular weight excluding hydrogens is 498 g/mol. The van der Waals surface area contributed by atoms with Crippen LogP contribution in [0.3, 0.4) is 0 Å². The normalized spacial score (nSPS) is 11.6. The predicted molar refractivity (Wildman–Crippen MR) is 147 cm³/mol. The summed E-state index contributed by atoms with van der Waals surface area (Å²) in [7, 11) is 1.56. The molecule has 0 aliphatic rings. The van der Waals surface area contributed by atoms with Crippen LogP contribution in [0.15, 0.2) is 54.1 Å². The second kappa shape index (κ2) is 12.1. The number of allylic oxidation sites excluding steroid dienone is 1. The van der Waals surface area contributed by atoms with Gasteiger partial charge in [-0.3, -0.25) is 0 Å². The van der Waals surface area contributed by atoms with Crippen molar-refractivity contribution in [3.8, 4) is 12.1 Å². The van der Waals surface area contributed by atoms with Gasteiger partial charge in [-0.05, 0) is 73.0 Å². The van der Waals surface area contributed by atoms with E-state index in [1.54, 1.807) is 49.0 Å². The minimum Gasteiger partial charge on any atom is -0.381 e. The van der Waals surface area contributed by atoms with Gasteiger partial charge in [-0.25, -0.2) is 9.97 Å². The number of aliphatic hydroxyl groups excluding tert-OH is 1. The highest BCUT2D eigenvalue weighted by atomic mass is 32.1. The Hall–Kier alpha value is -4.61. The third-order valence-corrected chi connectivity index (χ3v) is 6.51. The van der Waals surface area contributed by atoms with Crippen LogP contribution in [-0.2, 0) is 11.3 Å². The maximum Gasteiger partial charge on any atom is 0.229 e. The van der Waals surface area contributed by atoms with E-state index in [1.165, 1.54) is 17.4 Å². The molecule has 1 atom stereocenters. The fourth-order valence-corrected chi connectivity index (χ4v) is 4.62. The van der Waals surface area contributed by atoms with E-state index in [4.69, 9.17) is 20.2 Å². The van der Waals surface area contributed by atoms with Gasteiger partial charge in [-0.15, -0.1) is 11.3 Å². The first-order valence-corrected chi connectivity index (χ1v) is 12.5. The lowest BCUT2D eigenvalue weighted by Crippen LogP contribution is -2.14. The molecule has 2 heterocycles. The SMILES string of the molecule is COCc1nc(Nc2ccc(C#N)cc2)nc(Nc2c(C)cc(/C=C/C#N)cc2C)c1C(O)c1nccs1. The Morgan fingerprint density at radius 1 is 1.11 bits per heavy atom. The summed E-state index contributed by atoms with van der Waals surface area (Å²) in [5.41, 5.74) is 5.79. The van der Waals surface area contributed by atoms with Crippen molar-refractivity contribution < 1.29 is 9.84 Å². The van der Waals surface area contributed by atoms with Crippen LogP contribution < -0.4 is 10.6 Å². The van der Waals surface area contributed by atoms with E-state index in [9.17, 15) is 5.11 Å². The number of nitrogens with zero attached hydrogens (tertiary/aromatic N) is 5. The highest BCUT2D eigenvalue weighted by Crippen LogP contribution is 2.36. The van der Waals surface area contributed by atoms with E-state index in [0.29, 0.717) is 39.3 Å². The minimum atomic E-state index is -1.08. The number of thiazole rings is 1. The first-order chi connectivity index (χ1) is 18.4. The van der Waals surface area contributed by atoms with E-state index in [2.05, 4.69) is 26.7 Å². The molecule has 4 rings (SSSR count). The summed E-state index contributed by atoms with van der Waals surface area (Å²) in [6.07, 6.45) is 3.75. The molecule has 0 bridgehead atoms. The minimum absolute atomic E-state index is 0.132. The Morgan fingerprint density at radius 3 is 2.45 bits per heavy atom. The average Bonchev–Trinajstić information content (AvgIpc) is 3.45. The number of aliphatic hydroxyl groups is 1. The summed E-state index contributed by atoms with van der Waals surface area (Å²) in [6.45, 7) is 4.05. The molecule has 2 aromatic heterocycles. The Bertz CT molecular complexity index is 1510. The van der Waals surface area contributed by atoms with Crippen molar-refractivity contribution in [1.29, 1.82) is 10.5 Å².